The Morgan fingerprint density at radius 3 is 2.76 bits per heavy atom. The van der Waals surface area contributed by atoms with E-state index in [2.05, 4.69) is 25.9 Å². The van der Waals surface area contributed by atoms with Crippen LogP contribution < -0.4 is 16.0 Å². The normalized spacial score (nSPS) is 21.3. The van der Waals surface area contributed by atoms with Gasteiger partial charge in [0.15, 0.2) is 5.76 Å². The van der Waals surface area contributed by atoms with Gasteiger partial charge < -0.3 is 25.4 Å². The lowest BCUT2D eigenvalue weighted by atomic mass is 10.00. The maximum absolute atomic E-state index is 14.0. The molecule has 7 nitrogen and oxygen atoms in total. The second-order valence-electron chi connectivity index (χ2n) is 8.46. The molecule has 3 N–H and O–H groups in total. The molecular weight excluding hydrogens is 435 g/mol. The van der Waals surface area contributed by atoms with Crippen LogP contribution in [0, 0.1) is 0 Å². The highest BCUT2D eigenvalue weighted by molar-refractivity contribution is 5.96. The van der Waals surface area contributed by atoms with Crippen molar-refractivity contribution in [1.82, 2.24) is 15.6 Å². The molecule has 33 heavy (non-hydrogen) atoms. The lowest BCUT2D eigenvalue weighted by Gasteiger charge is -2.25. The first-order chi connectivity index (χ1) is 15.9. The van der Waals surface area contributed by atoms with Gasteiger partial charge in [0.2, 0.25) is 0 Å². The average Bonchev–Trinajstić information content (AvgIpc) is 3.67. The van der Waals surface area contributed by atoms with Crippen LogP contribution in [0.4, 0.5) is 18.9 Å². The summed E-state index contributed by atoms with van der Waals surface area (Å²) in [6.45, 7) is 2.95. The number of amidine groups is 1. The van der Waals surface area contributed by atoms with Crippen molar-refractivity contribution in [1.29, 1.82) is 0 Å². The Balaban J connectivity index is 1.44. The molecule has 1 aromatic heterocycles. The van der Waals surface area contributed by atoms with Gasteiger partial charge in [-0.2, -0.15) is 13.2 Å². The number of aliphatic imine (C=N–C) groups is 1. The number of nitrogens with one attached hydrogen (secondary N) is 3. The molecule has 0 bridgehead atoms. The molecule has 10 heteroatoms. The molecule has 2 aromatic rings. The van der Waals surface area contributed by atoms with Crippen LogP contribution in [0.2, 0.25) is 0 Å². The van der Waals surface area contributed by atoms with Crippen molar-refractivity contribution in [2.45, 2.75) is 31.0 Å². The summed E-state index contributed by atoms with van der Waals surface area (Å²) in [5.41, 5.74) is 0.816. The zero-order valence-corrected chi connectivity index (χ0v) is 18.3. The maximum atomic E-state index is 14.0. The third-order valence-corrected chi connectivity index (χ3v) is 6.03. The maximum Gasteiger partial charge on any atom is 0.418 e. The molecule has 1 saturated heterocycles. The molecule has 3 aliphatic rings. The molecule has 2 fully saturated rings. The van der Waals surface area contributed by atoms with Gasteiger partial charge in [-0.3, -0.25) is 0 Å². The number of halogens is 3. The number of morpholine rings is 1. The Morgan fingerprint density at radius 2 is 2.06 bits per heavy atom. The summed E-state index contributed by atoms with van der Waals surface area (Å²) in [6, 6.07) is 5.25. The number of pyridine rings is 1. The van der Waals surface area contributed by atoms with E-state index in [1.807, 2.05) is 6.07 Å². The van der Waals surface area contributed by atoms with Gasteiger partial charge in [0.05, 0.1) is 30.8 Å². The number of fused-ring (bicyclic) bond motifs is 1. The monoisotopic (exact) mass is 461 g/mol. The van der Waals surface area contributed by atoms with Gasteiger partial charge in [-0.15, -0.1) is 0 Å². The molecule has 5 rings (SSSR count). The molecule has 1 aliphatic carbocycles. The zero-order valence-electron chi connectivity index (χ0n) is 18.3. The van der Waals surface area contributed by atoms with Crippen molar-refractivity contribution in [3.63, 3.8) is 0 Å². The summed E-state index contributed by atoms with van der Waals surface area (Å²) in [5, 5.41) is 9.97. The first-order valence-electron chi connectivity index (χ1n) is 11.1. The number of rotatable bonds is 5. The number of ether oxygens (including phenoxy) is 2. The quantitative estimate of drug-likeness (QED) is 0.633. The topological polar surface area (TPSA) is 79.8 Å². The van der Waals surface area contributed by atoms with Crippen molar-refractivity contribution in [3.05, 3.63) is 41.1 Å². The van der Waals surface area contributed by atoms with Gasteiger partial charge in [-0.05, 0) is 48.6 Å². The molecule has 0 spiro atoms. The molecule has 3 heterocycles. The molecule has 2 aliphatic heterocycles. The molecule has 0 radical (unpaired) electrons. The number of benzene rings is 1. The number of nitrogens with zero attached hydrogens (tertiary/aromatic N) is 2. The first kappa shape index (κ1) is 22.0. The Kier molecular flexibility index (Phi) is 5.88. The van der Waals surface area contributed by atoms with Crippen LogP contribution >= 0.6 is 0 Å². The van der Waals surface area contributed by atoms with Crippen LogP contribution in [0.1, 0.15) is 35.6 Å². The van der Waals surface area contributed by atoms with E-state index in [0.29, 0.717) is 60.4 Å². The summed E-state index contributed by atoms with van der Waals surface area (Å²) < 4.78 is 53.2. The number of hydrogen-bond acceptors (Lipinski definition) is 7. The summed E-state index contributed by atoms with van der Waals surface area (Å²) in [5.74, 6) is 0.566. The van der Waals surface area contributed by atoms with Gasteiger partial charge in [0.25, 0.3) is 6.02 Å². The molecule has 1 unspecified atom stereocenters. The Hall–Kier alpha value is -2.85. The standard InChI is InChI=1S/C23H26F3N5O2/c1-27-18-10-19(20-4-5-29-22(33-20)30-11-15-12-32-7-6-28-15)31-21-16(18)8-14(13-2-3-13)9-17(21)23(24,25)26/h4,8-10,13,15,28H,2-3,5-7,11-12H2,1H3,(H,27,31)(H,29,30). The summed E-state index contributed by atoms with van der Waals surface area (Å²) in [4.78, 5) is 8.71. The van der Waals surface area contributed by atoms with Gasteiger partial charge in [-0.1, -0.05) is 0 Å². The minimum absolute atomic E-state index is 0.0844. The number of hydrogen-bond donors (Lipinski definition) is 3. The number of anilines is 1. The van der Waals surface area contributed by atoms with Crippen molar-refractivity contribution in [3.8, 4) is 0 Å². The second-order valence-corrected chi connectivity index (χ2v) is 8.46. The van der Waals surface area contributed by atoms with E-state index in [0.717, 1.165) is 19.4 Å². The van der Waals surface area contributed by atoms with E-state index in [1.54, 1.807) is 19.2 Å². The zero-order chi connectivity index (χ0) is 23.0. The summed E-state index contributed by atoms with van der Waals surface area (Å²) in [6.07, 6.45) is -0.958. The smallest absolute Gasteiger partial charge is 0.418 e. The van der Waals surface area contributed by atoms with E-state index >= 15 is 0 Å². The van der Waals surface area contributed by atoms with Gasteiger partial charge in [-0.25, -0.2) is 9.98 Å². The molecule has 1 saturated carbocycles. The Labute approximate surface area is 189 Å². The van der Waals surface area contributed by atoms with Crippen LogP contribution in [0.5, 0.6) is 0 Å². The molecule has 0 amide bonds. The Bertz CT molecular complexity index is 1110. The lowest BCUT2D eigenvalue weighted by Crippen LogP contribution is -2.48. The van der Waals surface area contributed by atoms with E-state index in [9.17, 15) is 13.2 Å². The van der Waals surface area contributed by atoms with Crippen LogP contribution in [-0.4, -0.2) is 56.9 Å². The van der Waals surface area contributed by atoms with Gasteiger partial charge in [0, 0.05) is 37.3 Å². The fraction of sp³-hybridized carbons (Fsp3) is 0.478. The predicted molar refractivity (Wildman–Crippen MR) is 120 cm³/mol. The second kappa shape index (κ2) is 8.83. The van der Waals surface area contributed by atoms with Crippen LogP contribution in [0.15, 0.2) is 29.3 Å². The van der Waals surface area contributed by atoms with Gasteiger partial charge in [0.1, 0.15) is 5.69 Å². The Morgan fingerprint density at radius 1 is 1.21 bits per heavy atom. The van der Waals surface area contributed by atoms with Gasteiger partial charge >= 0.3 is 6.18 Å². The van der Waals surface area contributed by atoms with Crippen molar-refractivity contribution in [2.24, 2.45) is 4.99 Å². The highest BCUT2D eigenvalue weighted by atomic mass is 19.4. The van der Waals surface area contributed by atoms with E-state index in [-0.39, 0.29) is 17.5 Å². The predicted octanol–water partition coefficient (Wildman–Crippen LogP) is 3.48. The summed E-state index contributed by atoms with van der Waals surface area (Å²) in [7, 11) is 1.69. The highest BCUT2D eigenvalue weighted by Gasteiger charge is 2.36. The van der Waals surface area contributed by atoms with E-state index in [4.69, 9.17) is 9.47 Å². The van der Waals surface area contributed by atoms with E-state index < -0.39 is 11.7 Å². The van der Waals surface area contributed by atoms with E-state index in [1.165, 1.54) is 6.07 Å². The highest BCUT2D eigenvalue weighted by Crippen LogP contribution is 2.45. The molecule has 176 valence electrons. The number of aromatic nitrogens is 1. The minimum Gasteiger partial charge on any atom is -0.424 e. The molecule has 1 atom stereocenters. The van der Waals surface area contributed by atoms with Crippen LogP contribution in [0.3, 0.4) is 0 Å². The fourth-order valence-corrected chi connectivity index (χ4v) is 4.15. The van der Waals surface area contributed by atoms with Crippen LogP contribution in [-0.2, 0) is 15.7 Å². The van der Waals surface area contributed by atoms with Crippen molar-refractivity contribution in [2.75, 3.05) is 45.2 Å². The average molecular weight is 461 g/mol. The third kappa shape index (κ3) is 4.77. The van der Waals surface area contributed by atoms with Crippen molar-refractivity contribution < 1.29 is 22.6 Å². The lowest BCUT2D eigenvalue weighted by molar-refractivity contribution is -0.136. The summed E-state index contributed by atoms with van der Waals surface area (Å²) >= 11 is 0. The van der Waals surface area contributed by atoms with Crippen LogP contribution in [0.25, 0.3) is 16.7 Å². The molecular formula is C23H26F3N5O2. The SMILES string of the molecule is CNc1cc(C2=CCN=C(NCC3COCCN3)O2)nc2c(C(F)(F)F)cc(C3CC3)cc12. The fourth-order valence-electron chi connectivity index (χ4n) is 4.15. The number of alkyl halides is 3. The first-order valence-corrected chi connectivity index (χ1v) is 11.1. The third-order valence-electron chi connectivity index (χ3n) is 6.03. The van der Waals surface area contributed by atoms with Crippen molar-refractivity contribution >= 4 is 28.4 Å². The molecule has 1 aromatic carbocycles. The minimum atomic E-state index is -4.51. The largest absolute Gasteiger partial charge is 0.424 e.